The second kappa shape index (κ2) is 9.19. The number of hydrogen-bond acceptors (Lipinski definition) is 5. The Balaban J connectivity index is 1.80. The van der Waals surface area contributed by atoms with Crippen molar-refractivity contribution >= 4 is 18.0 Å². The third kappa shape index (κ3) is 4.98. The molecule has 1 fully saturated rings. The fourth-order valence-electron chi connectivity index (χ4n) is 2.76. The number of ether oxygens (including phenoxy) is 3. The Kier molecular flexibility index (Phi) is 6.45. The van der Waals surface area contributed by atoms with Crippen LogP contribution in [0.15, 0.2) is 48.5 Å². The Bertz CT molecular complexity index is 867. The zero-order valence-electron chi connectivity index (χ0n) is 16.0. The molecule has 0 spiro atoms. The number of carbonyl (C=O) groups excluding carboxylic acids is 2. The number of allylic oxidation sites excluding steroid dienone is 1. The van der Waals surface area contributed by atoms with E-state index < -0.39 is 6.09 Å². The van der Waals surface area contributed by atoms with Crippen molar-refractivity contribution in [1.29, 1.82) is 0 Å². The van der Waals surface area contributed by atoms with Gasteiger partial charge in [-0.25, -0.2) is 4.79 Å². The van der Waals surface area contributed by atoms with Crippen LogP contribution >= 0.6 is 0 Å². The standard InChI is InChI=1S/C22H23NO5/c1-16-3-5-17(6-4-16)7-10-20(24)19-9-8-18(26-2)15-21(19)28-22(25)23-11-13-27-14-12-23/h3-10,15H,11-14H2,1-2H3/b10-7+. The number of hydrogen-bond donors (Lipinski definition) is 0. The number of methoxy groups -OCH3 is 1. The van der Waals surface area contributed by atoms with Crippen LogP contribution in [0.4, 0.5) is 4.79 Å². The molecular formula is C22H23NO5. The molecule has 28 heavy (non-hydrogen) atoms. The Labute approximate surface area is 164 Å². The van der Waals surface area contributed by atoms with Crippen LogP contribution in [-0.2, 0) is 4.74 Å². The van der Waals surface area contributed by atoms with E-state index in [1.54, 1.807) is 29.2 Å². The van der Waals surface area contributed by atoms with Gasteiger partial charge in [0.05, 0.1) is 25.9 Å². The molecule has 0 unspecified atom stereocenters. The first-order valence-corrected chi connectivity index (χ1v) is 9.08. The fourth-order valence-corrected chi connectivity index (χ4v) is 2.76. The third-order valence-corrected chi connectivity index (χ3v) is 4.43. The summed E-state index contributed by atoms with van der Waals surface area (Å²) in [6, 6.07) is 12.6. The highest BCUT2D eigenvalue weighted by atomic mass is 16.6. The second-order valence-electron chi connectivity index (χ2n) is 6.44. The molecule has 6 heteroatoms. The highest BCUT2D eigenvalue weighted by Gasteiger charge is 2.21. The van der Waals surface area contributed by atoms with Crippen molar-refractivity contribution in [3.05, 3.63) is 65.2 Å². The molecule has 0 radical (unpaired) electrons. The lowest BCUT2D eigenvalue weighted by molar-refractivity contribution is 0.0415. The Morgan fingerprint density at radius 3 is 2.46 bits per heavy atom. The Hall–Kier alpha value is -3.12. The number of rotatable bonds is 5. The maximum absolute atomic E-state index is 12.7. The zero-order valence-corrected chi connectivity index (χ0v) is 16.0. The average Bonchev–Trinajstić information content (AvgIpc) is 2.73. The summed E-state index contributed by atoms with van der Waals surface area (Å²) in [5.41, 5.74) is 2.36. The molecule has 3 rings (SSSR count). The van der Waals surface area contributed by atoms with Gasteiger partial charge in [0.25, 0.3) is 0 Å². The molecule has 1 aliphatic heterocycles. The predicted octanol–water partition coefficient (Wildman–Crippen LogP) is 3.73. The molecule has 146 valence electrons. The van der Waals surface area contributed by atoms with Gasteiger partial charge < -0.3 is 19.1 Å². The van der Waals surface area contributed by atoms with E-state index in [4.69, 9.17) is 14.2 Å². The second-order valence-corrected chi connectivity index (χ2v) is 6.44. The molecule has 0 aliphatic carbocycles. The predicted molar refractivity (Wildman–Crippen MR) is 106 cm³/mol. The van der Waals surface area contributed by atoms with Gasteiger partial charge in [-0.1, -0.05) is 35.9 Å². The summed E-state index contributed by atoms with van der Waals surface area (Å²) in [4.78, 5) is 26.7. The molecule has 6 nitrogen and oxygen atoms in total. The molecule has 1 saturated heterocycles. The maximum atomic E-state index is 12.7. The minimum atomic E-state index is -0.506. The van der Waals surface area contributed by atoms with Crippen LogP contribution in [0.25, 0.3) is 6.08 Å². The number of aryl methyl sites for hydroxylation is 1. The number of amides is 1. The van der Waals surface area contributed by atoms with Gasteiger partial charge in [0.1, 0.15) is 11.5 Å². The van der Waals surface area contributed by atoms with Crippen molar-refractivity contribution in [2.24, 2.45) is 0 Å². The van der Waals surface area contributed by atoms with Crippen LogP contribution in [0.1, 0.15) is 21.5 Å². The molecule has 0 aromatic heterocycles. The molecule has 1 amide bonds. The van der Waals surface area contributed by atoms with Crippen LogP contribution < -0.4 is 9.47 Å². The van der Waals surface area contributed by atoms with Crippen molar-refractivity contribution < 1.29 is 23.8 Å². The minimum Gasteiger partial charge on any atom is -0.497 e. The van der Waals surface area contributed by atoms with E-state index in [0.29, 0.717) is 37.6 Å². The van der Waals surface area contributed by atoms with Gasteiger partial charge in [-0.15, -0.1) is 0 Å². The van der Waals surface area contributed by atoms with Crippen molar-refractivity contribution in [3.8, 4) is 11.5 Å². The molecule has 0 atom stereocenters. The van der Waals surface area contributed by atoms with E-state index in [-0.39, 0.29) is 11.5 Å². The first kappa shape index (κ1) is 19.6. The van der Waals surface area contributed by atoms with Gasteiger partial charge in [-0.2, -0.15) is 0 Å². The summed E-state index contributed by atoms with van der Waals surface area (Å²) in [7, 11) is 1.52. The van der Waals surface area contributed by atoms with E-state index in [9.17, 15) is 9.59 Å². The molecule has 2 aromatic carbocycles. The molecule has 1 aliphatic rings. The lowest BCUT2D eigenvalue weighted by atomic mass is 10.1. The number of nitrogens with zero attached hydrogens (tertiary/aromatic N) is 1. The van der Waals surface area contributed by atoms with Crippen molar-refractivity contribution in [2.75, 3.05) is 33.4 Å². The maximum Gasteiger partial charge on any atom is 0.415 e. The number of morpholine rings is 1. The Morgan fingerprint density at radius 1 is 1.07 bits per heavy atom. The van der Waals surface area contributed by atoms with Crippen molar-refractivity contribution in [3.63, 3.8) is 0 Å². The Morgan fingerprint density at radius 2 is 1.79 bits per heavy atom. The van der Waals surface area contributed by atoms with E-state index in [1.165, 1.54) is 13.2 Å². The van der Waals surface area contributed by atoms with Gasteiger partial charge >= 0.3 is 6.09 Å². The summed E-state index contributed by atoms with van der Waals surface area (Å²) in [6.45, 7) is 3.86. The molecule has 0 saturated carbocycles. The summed E-state index contributed by atoms with van der Waals surface area (Å²) < 4.78 is 16.0. The third-order valence-electron chi connectivity index (χ3n) is 4.43. The summed E-state index contributed by atoms with van der Waals surface area (Å²) >= 11 is 0. The lowest BCUT2D eigenvalue weighted by Gasteiger charge is -2.26. The number of benzene rings is 2. The molecular weight excluding hydrogens is 358 g/mol. The molecule has 0 bridgehead atoms. The van der Waals surface area contributed by atoms with E-state index in [0.717, 1.165) is 11.1 Å². The monoisotopic (exact) mass is 381 g/mol. The summed E-state index contributed by atoms with van der Waals surface area (Å²) in [6.07, 6.45) is 2.70. The van der Waals surface area contributed by atoms with Crippen LogP contribution in [0, 0.1) is 6.92 Å². The first-order chi connectivity index (χ1) is 13.6. The van der Waals surface area contributed by atoms with Crippen molar-refractivity contribution in [1.82, 2.24) is 4.90 Å². The van der Waals surface area contributed by atoms with Crippen LogP contribution in [0.2, 0.25) is 0 Å². The summed E-state index contributed by atoms with van der Waals surface area (Å²) in [5, 5.41) is 0. The summed E-state index contributed by atoms with van der Waals surface area (Å²) in [5.74, 6) is 0.422. The van der Waals surface area contributed by atoms with Gasteiger partial charge in [-0.05, 0) is 30.7 Å². The highest BCUT2D eigenvalue weighted by molar-refractivity contribution is 6.09. The van der Waals surface area contributed by atoms with Gasteiger partial charge in [0.2, 0.25) is 0 Å². The smallest absolute Gasteiger partial charge is 0.415 e. The SMILES string of the molecule is COc1ccc(C(=O)/C=C/c2ccc(C)cc2)c(OC(=O)N2CCOCC2)c1. The molecule has 1 heterocycles. The van der Waals surface area contributed by atoms with Crippen LogP contribution in [0.5, 0.6) is 11.5 Å². The van der Waals surface area contributed by atoms with Gasteiger partial charge in [0.15, 0.2) is 5.78 Å². The average molecular weight is 381 g/mol. The number of ketones is 1. The minimum absolute atomic E-state index is 0.175. The van der Waals surface area contributed by atoms with E-state index in [1.807, 2.05) is 31.2 Å². The topological polar surface area (TPSA) is 65.1 Å². The lowest BCUT2D eigenvalue weighted by Crippen LogP contribution is -2.42. The van der Waals surface area contributed by atoms with Crippen molar-refractivity contribution in [2.45, 2.75) is 6.92 Å². The normalized spacial score (nSPS) is 14.1. The molecule has 0 N–H and O–H groups in total. The van der Waals surface area contributed by atoms with E-state index >= 15 is 0 Å². The largest absolute Gasteiger partial charge is 0.497 e. The zero-order chi connectivity index (χ0) is 19.9. The number of carbonyl (C=O) groups is 2. The fraction of sp³-hybridized carbons (Fsp3) is 0.273. The van der Waals surface area contributed by atoms with Crippen LogP contribution in [0.3, 0.4) is 0 Å². The quantitative estimate of drug-likeness (QED) is 0.583. The van der Waals surface area contributed by atoms with E-state index in [2.05, 4.69) is 0 Å². The highest BCUT2D eigenvalue weighted by Crippen LogP contribution is 2.26. The van der Waals surface area contributed by atoms with Gasteiger partial charge in [0, 0.05) is 19.2 Å². The molecule has 2 aromatic rings. The van der Waals surface area contributed by atoms with Crippen LogP contribution in [-0.4, -0.2) is 50.2 Å². The first-order valence-electron chi connectivity index (χ1n) is 9.08. The van der Waals surface area contributed by atoms with Gasteiger partial charge in [-0.3, -0.25) is 4.79 Å².